The zero-order valence-electron chi connectivity index (χ0n) is 20.9. The number of benzene rings is 2. The van der Waals surface area contributed by atoms with Crippen LogP contribution >= 0.6 is 34.7 Å². The fourth-order valence-corrected chi connectivity index (χ4v) is 6.34. The highest BCUT2D eigenvalue weighted by Crippen LogP contribution is 2.41. The Hall–Kier alpha value is -2.43. The van der Waals surface area contributed by atoms with Gasteiger partial charge in [-0.1, -0.05) is 35.9 Å². The van der Waals surface area contributed by atoms with Crippen LogP contribution in [0, 0.1) is 5.82 Å². The van der Waals surface area contributed by atoms with Crippen LogP contribution in [0.15, 0.2) is 71.7 Å². The van der Waals surface area contributed by atoms with E-state index < -0.39 is 24.3 Å². The molecule has 2 heterocycles. The summed E-state index contributed by atoms with van der Waals surface area (Å²) in [6, 6.07) is 12.6. The molecule has 0 fully saturated rings. The predicted octanol–water partition coefficient (Wildman–Crippen LogP) is 5.84. The van der Waals surface area contributed by atoms with E-state index in [4.69, 9.17) is 11.6 Å². The van der Waals surface area contributed by atoms with Gasteiger partial charge in [0.15, 0.2) is 0 Å². The molecule has 3 aromatic rings. The molecule has 0 spiro atoms. The second kappa shape index (κ2) is 13.6. The Kier molecular flexibility index (Phi) is 10.2. The van der Waals surface area contributed by atoms with Gasteiger partial charge in [-0.25, -0.2) is 9.37 Å². The summed E-state index contributed by atoms with van der Waals surface area (Å²) in [7, 11) is 0. The summed E-state index contributed by atoms with van der Waals surface area (Å²) in [4.78, 5) is 20.1. The fraction of sp³-hybridized carbons (Fsp3) is 0.357. The molecule has 0 bridgehead atoms. The highest BCUT2D eigenvalue weighted by atomic mass is 35.5. The number of hydrogen-bond acceptors (Lipinski definition) is 7. The van der Waals surface area contributed by atoms with Crippen molar-refractivity contribution in [3.63, 3.8) is 0 Å². The maximum absolute atomic E-state index is 13.8. The van der Waals surface area contributed by atoms with Crippen molar-refractivity contribution < 1.29 is 19.4 Å². The van der Waals surface area contributed by atoms with Gasteiger partial charge < -0.3 is 20.4 Å². The van der Waals surface area contributed by atoms with Crippen LogP contribution in [0.25, 0.3) is 0 Å². The molecule has 4 rings (SSSR count). The molecular formula is C28H31ClFN3O3S2. The summed E-state index contributed by atoms with van der Waals surface area (Å²) in [6.45, 7) is 1.70. The summed E-state index contributed by atoms with van der Waals surface area (Å²) < 4.78 is 13.4. The summed E-state index contributed by atoms with van der Waals surface area (Å²) in [6.07, 6.45) is 3.78. The van der Waals surface area contributed by atoms with Crippen molar-refractivity contribution >= 4 is 40.6 Å². The van der Waals surface area contributed by atoms with Gasteiger partial charge in [0.2, 0.25) is 5.91 Å². The average molecular weight is 576 g/mol. The van der Waals surface area contributed by atoms with E-state index >= 15 is 0 Å². The number of hydrogen-bond donors (Lipinski definition) is 3. The van der Waals surface area contributed by atoms with Gasteiger partial charge in [-0.15, -0.1) is 23.1 Å². The molecule has 2 aromatic carbocycles. The standard InChI is InChI=1S/C28H31ClFN3O3S2/c1-18(34)5-12-24(33-14-16-38-28(33)20-3-2-4-21(29)17-20)26(36)32-23(25(35)27-31-13-15-37-27)11-8-19-6-9-22(30)10-7-19/h2-4,6-7,9-10,13-18,23-25,28,34-35H,5,8,11-12H2,1H3,(H,32,36)/t18?,23-,24-,25?,28?/m0/s1. The number of rotatable bonds is 12. The first kappa shape index (κ1) is 28.6. The minimum atomic E-state index is -0.996. The van der Waals surface area contributed by atoms with E-state index in [2.05, 4.69) is 10.3 Å². The first-order valence-electron chi connectivity index (χ1n) is 12.5. The second-order valence-corrected chi connectivity index (χ2v) is 11.7. The molecule has 3 N–H and O–H groups in total. The quantitative estimate of drug-likeness (QED) is 0.252. The van der Waals surface area contributed by atoms with E-state index in [9.17, 15) is 19.4 Å². The molecule has 1 aliphatic rings. The maximum Gasteiger partial charge on any atom is 0.243 e. The smallest absolute Gasteiger partial charge is 0.243 e. The lowest BCUT2D eigenvalue weighted by Gasteiger charge is -2.34. The van der Waals surface area contributed by atoms with Crippen LogP contribution in [-0.4, -0.2) is 44.2 Å². The molecule has 1 aromatic heterocycles. The van der Waals surface area contributed by atoms with Gasteiger partial charge in [-0.2, -0.15) is 0 Å². The van der Waals surface area contributed by atoms with Gasteiger partial charge in [0.25, 0.3) is 0 Å². The Labute approximate surface area is 235 Å². The van der Waals surface area contributed by atoms with Gasteiger partial charge in [0, 0.05) is 22.8 Å². The van der Waals surface area contributed by atoms with Crippen molar-refractivity contribution in [3.8, 4) is 0 Å². The number of halogens is 2. The third-order valence-corrected chi connectivity index (χ3v) is 8.57. The van der Waals surface area contributed by atoms with Gasteiger partial charge in [-0.05, 0) is 73.4 Å². The minimum Gasteiger partial charge on any atom is -0.393 e. The normalized spacial score (nSPS) is 18.2. The molecule has 5 atom stereocenters. The number of aliphatic hydroxyl groups is 2. The number of thiazole rings is 1. The van der Waals surface area contributed by atoms with Crippen molar-refractivity contribution in [2.45, 2.75) is 62.3 Å². The SMILES string of the molecule is CC(O)CC[C@@H](C(=O)N[C@@H](CCc1ccc(F)cc1)C(O)c1nccs1)N1C=CSC1c1cccc(Cl)c1. The topological polar surface area (TPSA) is 85.7 Å². The molecule has 10 heteroatoms. The Morgan fingerprint density at radius 3 is 2.66 bits per heavy atom. The molecule has 1 aliphatic heterocycles. The number of carbonyl (C=O) groups is 1. The molecule has 38 heavy (non-hydrogen) atoms. The molecule has 0 aliphatic carbocycles. The van der Waals surface area contributed by atoms with Gasteiger partial charge in [0.05, 0.1) is 12.1 Å². The van der Waals surface area contributed by atoms with Crippen molar-refractivity contribution in [1.29, 1.82) is 0 Å². The van der Waals surface area contributed by atoms with Crippen molar-refractivity contribution in [2.75, 3.05) is 0 Å². The Morgan fingerprint density at radius 2 is 1.97 bits per heavy atom. The lowest BCUT2D eigenvalue weighted by atomic mass is 9.99. The number of aromatic nitrogens is 1. The number of amides is 1. The predicted molar refractivity (Wildman–Crippen MR) is 151 cm³/mol. The molecule has 1 amide bonds. The van der Waals surface area contributed by atoms with Gasteiger partial charge >= 0.3 is 0 Å². The molecule has 3 unspecified atom stereocenters. The number of nitrogens with zero attached hydrogens (tertiary/aromatic N) is 2. The zero-order valence-corrected chi connectivity index (χ0v) is 23.3. The Bertz CT molecular complexity index is 1210. The molecular weight excluding hydrogens is 545 g/mol. The van der Waals surface area contributed by atoms with E-state index in [-0.39, 0.29) is 17.1 Å². The van der Waals surface area contributed by atoms with Crippen LogP contribution in [0.4, 0.5) is 4.39 Å². The van der Waals surface area contributed by atoms with Crippen LogP contribution in [-0.2, 0) is 11.2 Å². The maximum atomic E-state index is 13.8. The summed E-state index contributed by atoms with van der Waals surface area (Å²) in [5, 5.41) is 29.0. The average Bonchev–Trinajstić information content (AvgIpc) is 3.60. The monoisotopic (exact) mass is 575 g/mol. The lowest BCUT2D eigenvalue weighted by Crippen LogP contribution is -2.50. The van der Waals surface area contributed by atoms with Gasteiger partial charge in [0.1, 0.15) is 28.3 Å². The van der Waals surface area contributed by atoms with E-state index in [1.807, 2.05) is 40.8 Å². The number of carbonyl (C=O) groups excluding carboxylic acids is 1. The summed E-state index contributed by atoms with van der Waals surface area (Å²) in [5.41, 5.74) is 1.88. The van der Waals surface area contributed by atoms with Crippen LogP contribution < -0.4 is 5.32 Å². The first-order valence-corrected chi connectivity index (χ1v) is 14.7. The van der Waals surface area contributed by atoms with Crippen molar-refractivity contribution in [2.24, 2.45) is 0 Å². The van der Waals surface area contributed by atoms with E-state index in [0.717, 1.165) is 11.1 Å². The fourth-order valence-electron chi connectivity index (χ4n) is 4.43. The van der Waals surface area contributed by atoms with E-state index in [1.54, 1.807) is 42.4 Å². The number of aryl methyl sites for hydroxylation is 1. The largest absolute Gasteiger partial charge is 0.393 e. The molecule has 0 radical (unpaired) electrons. The first-order chi connectivity index (χ1) is 18.3. The summed E-state index contributed by atoms with van der Waals surface area (Å²) >= 11 is 9.15. The number of nitrogens with one attached hydrogen (secondary N) is 1. The van der Waals surface area contributed by atoms with Crippen molar-refractivity contribution in [1.82, 2.24) is 15.2 Å². The number of thioether (sulfide) groups is 1. The molecule has 0 saturated carbocycles. The van der Waals surface area contributed by atoms with E-state index in [1.165, 1.54) is 23.5 Å². The molecule has 0 saturated heterocycles. The third kappa shape index (κ3) is 7.57. The van der Waals surface area contributed by atoms with E-state index in [0.29, 0.717) is 35.7 Å². The van der Waals surface area contributed by atoms with Crippen LogP contribution in [0.1, 0.15) is 53.8 Å². The highest BCUT2D eigenvalue weighted by Gasteiger charge is 2.35. The summed E-state index contributed by atoms with van der Waals surface area (Å²) in [5.74, 6) is -0.558. The lowest BCUT2D eigenvalue weighted by molar-refractivity contribution is -0.127. The second-order valence-electron chi connectivity index (χ2n) is 9.31. The van der Waals surface area contributed by atoms with Crippen LogP contribution in [0.5, 0.6) is 0 Å². The molecule has 202 valence electrons. The van der Waals surface area contributed by atoms with Crippen LogP contribution in [0.2, 0.25) is 5.02 Å². The number of aliphatic hydroxyl groups excluding tert-OH is 2. The Balaban J connectivity index is 1.55. The van der Waals surface area contributed by atoms with Crippen molar-refractivity contribution in [3.05, 3.63) is 98.7 Å². The zero-order chi connectivity index (χ0) is 27.1. The third-order valence-electron chi connectivity index (χ3n) is 6.44. The molecule has 6 nitrogen and oxygen atoms in total. The Morgan fingerprint density at radius 1 is 1.18 bits per heavy atom. The van der Waals surface area contributed by atoms with Crippen LogP contribution in [0.3, 0.4) is 0 Å². The minimum absolute atomic E-state index is 0.153. The van der Waals surface area contributed by atoms with Gasteiger partial charge in [-0.3, -0.25) is 4.79 Å². The highest BCUT2D eigenvalue weighted by molar-refractivity contribution is 8.02.